The summed E-state index contributed by atoms with van der Waals surface area (Å²) in [5, 5.41) is 9.73. The molecule has 0 bridgehead atoms. The number of ether oxygens (including phenoxy) is 1. The molecule has 8 nitrogen and oxygen atoms in total. The maximum absolute atomic E-state index is 12.0. The van der Waals surface area contributed by atoms with E-state index in [-0.39, 0.29) is 29.9 Å². The first-order valence-corrected chi connectivity index (χ1v) is 10.2. The lowest BCUT2D eigenvalue weighted by molar-refractivity contribution is 0.0925. The van der Waals surface area contributed by atoms with Crippen LogP contribution < -0.4 is 16.0 Å². The average molecular weight is 521 g/mol. The number of aryl methyl sites for hydroxylation is 1. The number of carbonyl (C=O) groups excluding carboxylic acids is 1. The first-order chi connectivity index (χ1) is 13.6. The highest BCUT2D eigenvalue weighted by atomic mass is 127. The lowest BCUT2D eigenvalue weighted by atomic mass is 10.1. The lowest BCUT2D eigenvalue weighted by Crippen LogP contribution is -2.49. The Morgan fingerprint density at radius 2 is 2.10 bits per heavy atom. The molecule has 0 aromatic carbocycles. The van der Waals surface area contributed by atoms with Gasteiger partial charge in [0.2, 0.25) is 0 Å². The summed E-state index contributed by atoms with van der Waals surface area (Å²) in [4.78, 5) is 19.1. The van der Waals surface area contributed by atoms with E-state index in [9.17, 15) is 4.79 Å². The minimum atomic E-state index is -0.170. The number of halogens is 1. The number of hydrogen-bond donors (Lipinski definition) is 3. The number of aliphatic imine (C=N–C) groups is 1. The number of methoxy groups -OCH3 is 1. The van der Waals surface area contributed by atoms with E-state index in [1.807, 2.05) is 6.92 Å². The van der Waals surface area contributed by atoms with Crippen LogP contribution in [0.4, 0.5) is 0 Å². The monoisotopic (exact) mass is 521 g/mol. The number of nitrogens with zero attached hydrogens (tertiary/aromatic N) is 2. The van der Waals surface area contributed by atoms with E-state index < -0.39 is 0 Å². The van der Waals surface area contributed by atoms with Gasteiger partial charge in [0.25, 0.3) is 5.91 Å². The zero-order chi connectivity index (χ0) is 20.2. The Balaban J connectivity index is 0.00000420. The third-order valence-corrected chi connectivity index (χ3v) is 4.84. The first kappa shape index (κ1) is 25.7. The normalized spacial score (nSPS) is 15.6. The van der Waals surface area contributed by atoms with E-state index in [0.29, 0.717) is 24.9 Å². The van der Waals surface area contributed by atoms with Gasteiger partial charge in [-0.1, -0.05) is 0 Å². The summed E-state index contributed by atoms with van der Waals surface area (Å²) in [6.07, 6.45) is 4.52. The molecule has 1 saturated heterocycles. The van der Waals surface area contributed by atoms with Gasteiger partial charge in [0, 0.05) is 58.0 Å². The number of likely N-dealkylation sites (tertiary alicyclic amines) is 1. The zero-order valence-corrected chi connectivity index (χ0v) is 20.2. The fourth-order valence-corrected chi connectivity index (χ4v) is 3.19. The van der Waals surface area contributed by atoms with Crippen LogP contribution in [-0.4, -0.2) is 75.8 Å². The van der Waals surface area contributed by atoms with Gasteiger partial charge >= 0.3 is 0 Å². The summed E-state index contributed by atoms with van der Waals surface area (Å²) in [6.45, 7) is 9.93. The van der Waals surface area contributed by atoms with E-state index in [1.165, 1.54) is 6.26 Å². The third-order valence-electron chi connectivity index (χ3n) is 4.84. The van der Waals surface area contributed by atoms with E-state index in [0.717, 1.165) is 63.6 Å². The van der Waals surface area contributed by atoms with Gasteiger partial charge in [0.15, 0.2) is 11.7 Å². The summed E-state index contributed by atoms with van der Waals surface area (Å²) >= 11 is 0. The van der Waals surface area contributed by atoms with Crippen LogP contribution in [0.1, 0.15) is 42.3 Å². The molecular formula is C20H36IN5O3. The molecule has 0 aliphatic carbocycles. The molecule has 0 spiro atoms. The highest BCUT2D eigenvalue weighted by molar-refractivity contribution is 14.0. The standard InChI is InChI=1S/C20H35N5O3.HI/c1-4-21-20(24-17-6-11-25(12-7-17)13-15-27-3)23-10-5-9-22-19(26)18-16(2)8-14-28-18;/h8,14,17H,4-7,9-13,15H2,1-3H3,(H,22,26)(H2,21,23,24);1H. The number of carbonyl (C=O) groups is 1. The molecule has 1 aromatic heterocycles. The number of piperidine rings is 1. The van der Waals surface area contributed by atoms with Crippen LogP contribution in [0.25, 0.3) is 0 Å². The van der Waals surface area contributed by atoms with Crippen LogP contribution in [0.3, 0.4) is 0 Å². The van der Waals surface area contributed by atoms with Crippen LogP contribution >= 0.6 is 24.0 Å². The summed E-state index contributed by atoms with van der Waals surface area (Å²) < 4.78 is 10.4. The maximum atomic E-state index is 12.0. The Labute approximate surface area is 191 Å². The van der Waals surface area contributed by atoms with Crippen molar-refractivity contribution in [1.29, 1.82) is 0 Å². The summed E-state index contributed by atoms with van der Waals surface area (Å²) in [5.41, 5.74) is 0.849. The minimum Gasteiger partial charge on any atom is -0.459 e. The number of nitrogens with one attached hydrogen (secondary N) is 3. The lowest BCUT2D eigenvalue weighted by Gasteiger charge is -2.32. The van der Waals surface area contributed by atoms with Crippen LogP contribution in [0.5, 0.6) is 0 Å². The SMILES string of the molecule is CCNC(=NCCCNC(=O)c1occc1C)NC1CCN(CCOC)CC1.I. The molecule has 2 rings (SSSR count). The molecule has 0 radical (unpaired) electrons. The molecule has 0 atom stereocenters. The minimum absolute atomic E-state index is 0. The quantitative estimate of drug-likeness (QED) is 0.189. The molecule has 0 saturated carbocycles. The highest BCUT2D eigenvalue weighted by Gasteiger charge is 2.19. The van der Waals surface area contributed by atoms with E-state index in [4.69, 9.17) is 9.15 Å². The second kappa shape index (κ2) is 14.6. The molecular weight excluding hydrogens is 485 g/mol. The summed E-state index contributed by atoms with van der Waals surface area (Å²) in [5.74, 6) is 1.07. The Bertz CT molecular complexity index is 615. The van der Waals surface area contributed by atoms with Crippen LogP contribution in [0.2, 0.25) is 0 Å². The average Bonchev–Trinajstić information content (AvgIpc) is 3.13. The van der Waals surface area contributed by atoms with Crippen molar-refractivity contribution in [3.05, 3.63) is 23.7 Å². The molecule has 3 N–H and O–H groups in total. The maximum Gasteiger partial charge on any atom is 0.287 e. The van der Waals surface area contributed by atoms with Crippen molar-refractivity contribution in [2.45, 2.75) is 39.2 Å². The van der Waals surface area contributed by atoms with Crippen molar-refractivity contribution in [2.75, 3.05) is 53.0 Å². The molecule has 29 heavy (non-hydrogen) atoms. The largest absolute Gasteiger partial charge is 0.459 e. The molecule has 1 aliphatic rings. The van der Waals surface area contributed by atoms with E-state index >= 15 is 0 Å². The molecule has 166 valence electrons. The van der Waals surface area contributed by atoms with Crippen LogP contribution in [0, 0.1) is 6.92 Å². The fourth-order valence-electron chi connectivity index (χ4n) is 3.19. The van der Waals surface area contributed by atoms with Gasteiger partial charge in [0.1, 0.15) is 0 Å². The van der Waals surface area contributed by atoms with Crippen LogP contribution in [-0.2, 0) is 4.74 Å². The van der Waals surface area contributed by atoms with Crippen molar-refractivity contribution in [3.8, 4) is 0 Å². The smallest absolute Gasteiger partial charge is 0.287 e. The predicted octanol–water partition coefficient (Wildman–Crippen LogP) is 1.99. The molecule has 1 aliphatic heterocycles. The van der Waals surface area contributed by atoms with Gasteiger partial charge in [-0.2, -0.15) is 0 Å². The fraction of sp³-hybridized carbons (Fsp3) is 0.700. The zero-order valence-electron chi connectivity index (χ0n) is 17.8. The molecule has 1 aromatic rings. The molecule has 0 unspecified atom stereocenters. The van der Waals surface area contributed by atoms with E-state index in [1.54, 1.807) is 13.2 Å². The Kier molecular flexibility index (Phi) is 13.0. The predicted molar refractivity (Wildman–Crippen MR) is 126 cm³/mol. The molecule has 1 amide bonds. The van der Waals surface area contributed by atoms with Crippen molar-refractivity contribution in [1.82, 2.24) is 20.9 Å². The Hall–Kier alpha value is -1.33. The van der Waals surface area contributed by atoms with Gasteiger partial charge in [-0.05, 0) is 39.2 Å². The third kappa shape index (κ3) is 9.35. The van der Waals surface area contributed by atoms with Crippen molar-refractivity contribution in [3.63, 3.8) is 0 Å². The number of guanidine groups is 1. The first-order valence-electron chi connectivity index (χ1n) is 10.2. The van der Waals surface area contributed by atoms with Crippen molar-refractivity contribution in [2.24, 2.45) is 4.99 Å². The van der Waals surface area contributed by atoms with Gasteiger partial charge in [-0.15, -0.1) is 24.0 Å². The summed E-state index contributed by atoms with van der Waals surface area (Å²) in [7, 11) is 1.75. The van der Waals surface area contributed by atoms with Crippen molar-refractivity contribution < 1.29 is 13.9 Å². The number of hydrogen-bond acceptors (Lipinski definition) is 5. The summed E-state index contributed by atoms with van der Waals surface area (Å²) in [6, 6.07) is 2.23. The Morgan fingerprint density at radius 1 is 1.34 bits per heavy atom. The Morgan fingerprint density at radius 3 is 2.72 bits per heavy atom. The van der Waals surface area contributed by atoms with Gasteiger partial charge in [-0.25, -0.2) is 0 Å². The highest BCUT2D eigenvalue weighted by Crippen LogP contribution is 2.10. The second-order valence-corrected chi connectivity index (χ2v) is 7.06. The number of rotatable bonds is 10. The van der Waals surface area contributed by atoms with Gasteiger partial charge in [0.05, 0.1) is 12.9 Å². The second-order valence-electron chi connectivity index (χ2n) is 7.06. The van der Waals surface area contributed by atoms with E-state index in [2.05, 4.69) is 32.8 Å². The molecule has 9 heteroatoms. The molecule has 1 fully saturated rings. The van der Waals surface area contributed by atoms with Gasteiger partial charge < -0.3 is 30.0 Å². The van der Waals surface area contributed by atoms with Gasteiger partial charge in [-0.3, -0.25) is 9.79 Å². The van der Waals surface area contributed by atoms with Crippen LogP contribution in [0.15, 0.2) is 21.7 Å². The number of furan rings is 1. The number of amides is 1. The topological polar surface area (TPSA) is 91.1 Å². The van der Waals surface area contributed by atoms with Crippen molar-refractivity contribution >= 4 is 35.8 Å². The molecule has 2 heterocycles.